The van der Waals surface area contributed by atoms with Crippen LogP contribution < -0.4 is 10.1 Å². The fourth-order valence-electron chi connectivity index (χ4n) is 3.94. The number of hydrogen-bond acceptors (Lipinski definition) is 2. The molecule has 2 aliphatic rings. The normalized spacial score (nSPS) is 28.4. The molecule has 0 spiro atoms. The van der Waals surface area contributed by atoms with Crippen LogP contribution in [0.25, 0.3) is 0 Å². The monoisotopic (exact) mass is 287 g/mol. The van der Waals surface area contributed by atoms with Crippen LogP contribution in [0.15, 0.2) is 24.3 Å². The Morgan fingerprint density at radius 1 is 1.43 bits per heavy atom. The second-order valence-corrected chi connectivity index (χ2v) is 6.48. The first-order valence-electron chi connectivity index (χ1n) is 8.15. The van der Waals surface area contributed by atoms with Crippen molar-refractivity contribution in [3.8, 4) is 5.75 Å². The van der Waals surface area contributed by atoms with Crippen LogP contribution in [-0.4, -0.2) is 13.0 Å². The zero-order chi connectivity index (χ0) is 14.9. The summed E-state index contributed by atoms with van der Waals surface area (Å²) in [5.41, 5.74) is 1.05. The third-order valence-corrected chi connectivity index (χ3v) is 5.34. The van der Waals surface area contributed by atoms with Crippen molar-refractivity contribution < 1.29 is 9.53 Å². The van der Waals surface area contributed by atoms with E-state index in [2.05, 4.69) is 18.3 Å². The molecule has 0 aromatic heterocycles. The van der Waals surface area contributed by atoms with Crippen LogP contribution in [0.1, 0.15) is 57.1 Å². The van der Waals surface area contributed by atoms with Gasteiger partial charge in [-0.3, -0.25) is 4.79 Å². The quantitative estimate of drug-likeness (QED) is 0.893. The summed E-state index contributed by atoms with van der Waals surface area (Å²) in [5, 5.41) is 3.29. The number of carbonyl (C=O) groups excluding carboxylic acids is 1. The Morgan fingerprint density at radius 2 is 2.24 bits per heavy atom. The van der Waals surface area contributed by atoms with Crippen molar-refractivity contribution in [2.24, 2.45) is 11.3 Å². The molecule has 0 radical (unpaired) electrons. The van der Waals surface area contributed by atoms with Crippen molar-refractivity contribution >= 4 is 5.91 Å². The summed E-state index contributed by atoms with van der Waals surface area (Å²) in [6.07, 6.45) is 6.79. The molecule has 1 amide bonds. The van der Waals surface area contributed by atoms with Gasteiger partial charge >= 0.3 is 0 Å². The molecule has 3 atom stereocenters. The average Bonchev–Trinajstić information content (AvgIpc) is 3.28. The Bertz CT molecular complexity index is 528. The molecule has 3 nitrogen and oxygen atoms in total. The number of methoxy groups -OCH3 is 1. The topological polar surface area (TPSA) is 38.3 Å². The summed E-state index contributed by atoms with van der Waals surface area (Å²) in [6.45, 7) is 2.11. The summed E-state index contributed by atoms with van der Waals surface area (Å²) in [5.74, 6) is 1.77. The number of nitrogens with one attached hydrogen (secondary N) is 1. The van der Waals surface area contributed by atoms with E-state index in [1.165, 1.54) is 19.3 Å². The van der Waals surface area contributed by atoms with E-state index in [0.29, 0.717) is 5.92 Å². The van der Waals surface area contributed by atoms with Gasteiger partial charge < -0.3 is 10.1 Å². The van der Waals surface area contributed by atoms with Gasteiger partial charge in [-0.25, -0.2) is 0 Å². The maximum Gasteiger partial charge on any atom is 0.226 e. The first kappa shape index (κ1) is 14.4. The number of para-hydroxylation sites is 1. The molecule has 0 heterocycles. The summed E-state index contributed by atoms with van der Waals surface area (Å²) in [7, 11) is 1.68. The highest BCUT2D eigenvalue weighted by Gasteiger charge is 2.60. The van der Waals surface area contributed by atoms with E-state index < -0.39 is 0 Å². The van der Waals surface area contributed by atoms with E-state index in [4.69, 9.17) is 4.74 Å². The number of fused-ring (bicyclic) bond motifs is 1. The highest BCUT2D eigenvalue weighted by Crippen LogP contribution is 2.61. The van der Waals surface area contributed by atoms with Crippen LogP contribution in [0.5, 0.6) is 5.75 Å². The Kier molecular flexibility index (Phi) is 3.92. The van der Waals surface area contributed by atoms with E-state index in [1.54, 1.807) is 7.11 Å². The summed E-state index contributed by atoms with van der Waals surface area (Å²) in [6, 6.07) is 8.03. The van der Waals surface area contributed by atoms with Crippen molar-refractivity contribution in [1.82, 2.24) is 5.32 Å². The molecule has 1 aromatic rings. The third kappa shape index (κ3) is 2.54. The molecule has 0 saturated heterocycles. The standard InChI is InChI=1S/C18H25NO2/c1-3-15(14-9-4-5-10-16(14)21-2)19-17(20)18-11-7-6-8-13(18)12-18/h4-5,9-10,13,15H,3,6-8,11-12H2,1-2H3,(H,19,20). The molecule has 0 bridgehead atoms. The maximum atomic E-state index is 12.8. The second kappa shape index (κ2) is 5.70. The van der Waals surface area contributed by atoms with Gasteiger partial charge in [0.15, 0.2) is 0 Å². The Balaban J connectivity index is 1.74. The minimum absolute atomic E-state index is 0.0340. The number of rotatable bonds is 5. The van der Waals surface area contributed by atoms with E-state index in [1.807, 2.05) is 18.2 Å². The average molecular weight is 287 g/mol. The Labute approximate surface area is 127 Å². The minimum atomic E-state index is -0.0340. The first-order chi connectivity index (χ1) is 10.2. The Hall–Kier alpha value is -1.51. The molecule has 3 rings (SSSR count). The number of benzene rings is 1. The van der Waals surface area contributed by atoms with Gasteiger partial charge in [-0.1, -0.05) is 38.0 Å². The zero-order valence-corrected chi connectivity index (χ0v) is 13.0. The SMILES string of the molecule is CCC(NC(=O)C12CCCCC1C2)c1ccccc1OC. The molecule has 2 saturated carbocycles. The van der Waals surface area contributed by atoms with Gasteiger partial charge in [0, 0.05) is 5.56 Å². The number of ether oxygens (including phenoxy) is 1. The summed E-state index contributed by atoms with van der Waals surface area (Å²) >= 11 is 0. The summed E-state index contributed by atoms with van der Waals surface area (Å²) < 4.78 is 5.44. The van der Waals surface area contributed by atoms with Gasteiger partial charge in [-0.05, 0) is 37.7 Å². The zero-order valence-electron chi connectivity index (χ0n) is 13.0. The van der Waals surface area contributed by atoms with Crippen LogP contribution in [0.3, 0.4) is 0 Å². The van der Waals surface area contributed by atoms with Crippen LogP contribution in [0.4, 0.5) is 0 Å². The van der Waals surface area contributed by atoms with Crippen LogP contribution in [0.2, 0.25) is 0 Å². The molecule has 114 valence electrons. The van der Waals surface area contributed by atoms with Crippen LogP contribution in [0, 0.1) is 11.3 Å². The van der Waals surface area contributed by atoms with E-state index >= 15 is 0 Å². The molecule has 0 aliphatic heterocycles. The molecule has 21 heavy (non-hydrogen) atoms. The largest absolute Gasteiger partial charge is 0.496 e. The lowest BCUT2D eigenvalue weighted by atomic mass is 9.87. The summed E-state index contributed by atoms with van der Waals surface area (Å²) in [4.78, 5) is 12.8. The first-order valence-corrected chi connectivity index (χ1v) is 8.15. The molecule has 1 N–H and O–H groups in total. The molecular formula is C18H25NO2. The van der Waals surface area contributed by atoms with Gasteiger partial charge in [-0.15, -0.1) is 0 Å². The highest BCUT2D eigenvalue weighted by molar-refractivity contribution is 5.86. The third-order valence-electron chi connectivity index (χ3n) is 5.34. The predicted molar refractivity (Wildman–Crippen MR) is 83.2 cm³/mol. The fraction of sp³-hybridized carbons (Fsp3) is 0.611. The molecular weight excluding hydrogens is 262 g/mol. The van der Waals surface area contributed by atoms with Crippen molar-refractivity contribution in [1.29, 1.82) is 0 Å². The fourth-order valence-corrected chi connectivity index (χ4v) is 3.94. The highest BCUT2D eigenvalue weighted by atomic mass is 16.5. The maximum absolute atomic E-state index is 12.8. The second-order valence-electron chi connectivity index (χ2n) is 6.48. The van der Waals surface area contributed by atoms with Gasteiger partial charge in [0.1, 0.15) is 5.75 Å². The van der Waals surface area contributed by atoms with E-state index in [0.717, 1.165) is 30.6 Å². The van der Waals surface area contributed by atoms with Gasteiger partial charge in [-0.2, -0.15) is 0 Å². The smallest absolute Gasteiger partial charge is 0.226 e. The van der Waals surface area contributed by atoms with Crippen molar-refractivity contribution in [3.05, 3.63) is 29.8 Å². The van der Waals surface area contributed by atoms with Crippen LogP contribution in [-0.2, 0) is 4.79 Å². The molecule has 2 aliphatic carbocycles. The van der Waals surface area contributed by atoms with Gasteiger partial charge in [0.25, 0.3) is 0 Å². The van der Waals surface area contributed by atoms with Crippen molar-refractivity contribution in [2.45, 2.75) is 51.5 Å². The minimum Gasteiger partial charge on any atom is -0.496 e. The van der Waals surface area contributed by atoms with Gasteiger partial charge in [0.05, 0.1) is 18.6 Å². The molecule has 2 fully saturated rings. The molecule has 3 unspecified atom stereocenters. The Morgan fingerprint density at radius 3 is 2.95 bits per heavy atom. The molecule has 1 aromatic carbocycles. The number of carbonyl (C=O) groups is 1. The number of amides is 1. The van der Waals surface area contributed by atoms with Gasteiger partial charge in [0.2, 0.25) is 5.91 Å². The van der Waals surface area contributed by atoms with E-state index in [9.17, 15) is 4.79 Å². The lowest BCUT2D eigenvalue weighted by molar-refractivity contribution is -0.128. The van der Waals surface area contributed by atoms with Crippen molar-refractivity contribution in [3.63, 3.8) is 0 Å². The lowest BCUT2D eigenvalue weighted by Crippen LogP contribution is -2.37. The predicted octanol–water partition coefficient (Wildman–Crippen LogP) is 3.84. The number of hydrogen-bond donors (Lipinski definition) is 1. The van der Waals surface area contributed by atoms with Crippen molar-refractivity contribution in [2.75, 3.05) is 7.11 Å². The van der Waals surface area contributed by atoms with Crippen LogP contribution >= 0.6 is 0 Å². The van der Waals surface area contributed by atoms with E-state index in [-0.39, 0.29) is 17.4 Å². The lowest BCUT2D eigenvalue weighted by Gasteiger charge is -2.26. The molecule has 3 heteroatoms.